The van der Waals surface area contributed by atoms with Gasteiger partial charge >= 0.3 is 0 Å². The number of aromatic nitrogens is 2. The summed E-state index contributed by atoms with van der Waals surface area (Å²) in [5.74, 6) is 0.799. The Balaban J connectivity index is 2.42. The molecule has 0 radical (unpaired) electrons. The minimum atomic E-state index is -0.239. The minimum absolute atomic E-state index is 0.239. The highest BCUT2D eigenvalue weighted by atomic mass is 16.5. The van der Waals surface area contributed by atoms with Gasteiger partial charge in [0.25, 0.3) is 0 Å². The van der Waals surface area contributed by atoms with Gasteiger partial charge in [-0.2, -0.15) is 5.10 Å². The monoisotopic (exact) mass is 217 g/mol. The zero-order valence-corrected chi connectivity index (χ0v) is 9.40. The highest BCUT2D eigenvalue weighted by molar-refractivity contribution is 5.41. The van der Waals surface area contributed by atoms with Gasteiger partial charge in [-0.3, -0.25) is 5.10 Å². The average Bonchev–Trinajstić information content (AvgIpc) is 2.81. The van der Waals surface area contributed by atoms with Crippen LogP contribution in [-0.4, -0.2) is 17.3 Å². The lowest BCUT2D eigenvalue weighted by atomic mass is 10.0. The Morgan fingerprint density at radius 1 is 1.38 bits per heavy atom. The van der Waals surface area contributed by atoms with Crippen LogP contribution in [0.1, 0.15) is 22.9 Å². The van der Waals surface area contributed by atoms with Crippen LogP contribution < -0.4 is 10.5 Å². The third kappa shape index (κ3) is 1.92. The molecule has 1 atom stereocenters. The minimum Gasteiger partial charge on any atom is -0.496 e. The summed E-state index contributed by atoms with van der Waals surface area (Å²) in [5.41, 5.74) is 9.16. The quantitative estimate of drug-likeness (QED) is 0.823. The zero-order chi connectivity index (χ0) is 11.5. The van der Waals surface area contributed by atoms with Crippen LogP contribution in [-0.2, 0) is 0 Å². The first-order chi connectivity index (χ1) is 7.72. The molecule has 0 aliphatic heterocycles. The lowest BCUT2D eigenvalue weighted by Crippen LogP contribution is -2.13. The fourth-order valence-corrected chi connectivity index (χ4v) is 1.70. The molecule has 0 spiro atoms. The first-order valence-electron chi connectivity index (χ1n) is 5.11. The zero-order valence-electron chi connectivity index (χ0n) is 9.40. The summed E-state index contributed by atoms with van der Waals surface area (Å²) in [6, 6.07) is 7.59. The third-order valence-corrected chi connectivity index (χ3v) is 2.58. The number of nitrogens with one attached hydrogen (secondary N) is 1. The van der Waals surface area contributed by atoms with E-state index in [-0.39, 0.29) is 6.04 Å². The number of nitrogens with two attached hydrogens (primary N) is 1. The van der Waals surface area contributed by atoms with E-state index in [9.17, 15) is 0 Å². The summed E-state index contributed by atoms with van der Waals surface area (Å²) in [6.07, 6.45) is 1.69. The van der Waals surface area contributed by atoms with Crippen molar-refractivity contribution in [1.29, 1.82) is 0 Å². The van der Waals surface area contributed by atoms with E-state index in [2.05, 4.69) is 10.2 Å². The van der Waals surface area contributed by atoms with Gasteiger partial charge < -0.3 is 10.5 Å². The standard InChI is InChI=1S/C12H15N3O/c1-8-3-4-11(16-2)9(7-8)12(13)10-5-6-14-15-10/h3-7,12H,13H2,1-2H3,(H,14,15). The Kier molecular flexibility index (Phi) is 2.92. The van der Waals surface area contributed by atoms with Gasteiger partial charge in [0.15, 0.2) is 0 Å². The summed E-state index contributed by atoms with van der Waals surface area (Å²) < 4.78 is 5.31. The van der Waals surface area contributed by atoms with Crippen molar-refractivity contribution in [2.75, 3.05) is 7.11 Å². The number of methoxy groups -OCH3 is 1. The van der Waals surface area contributed by atoms with Crippen molar-refractivity contribution in [3.8, 4) is 5.75 Å². The summed E-state index contributed by atoms with van der Waals surface area (Å²) in [6.45, 7) is 2.03. The summed E-state index contributed by atoms with van der Waals surface area (Å²) in [7, 11) is 1.65. The molecule has 0 aliphatic rings. The molecule has 0 saturated heterocycles. The molecule has 0 amide bonds. The van der Waals surface area contributed by atoms with E-state index in [1.165, 1.54) is 0 Å². The predicted molar refractivity (Wildman–Crippen MR) is 62.3 cm³/mol. The van der Waals surface area contributed by atoms with Crippen molar-refractivity contribution in [2.24, 2.45) is 5.73 Å². The van der Waals surface area contributed by atoms with Gasteiger partial charge in [-0.25, -0.2) is 0 Å². The van der Waals surface area contributed by atoms with Crippen molar-refractivity contribution in [3.05, 3.63) is 47.3 Å². The summed E-state index contributed by atoms with van der Waals surface area (Å²) in [5, 5.41) is 6.78. The normalized spacial score (nSPS) is 12.4. The van der Waals surface area contributed by atoms with Crippen LogP contribution in [0.25, 0.3) is 0 Å². The van der Waals surface area contributed by atoms with E-state index in [1.807, 2.05) is 31.2 Å². The van der Waals surface area contributed by atoms with E-state index in [1.54, 1.807) is 13.3 Å². The molecular formula is C12H15N3O. The predicted octanol–water partition coefficient (Wildman–Crippen LogP) is 1.77. The van der Waals surface area contributed by atoms with Crippen molar-refractivity contribution in [1.82, 2.24) is 10.2 Å². The number of ether oxygens (including phenoxy) is 1. The topological polar surface area (TPSA) is 63.9 Å². The van der Waals surface area contributed by atoms with E-state index in [0.29, 0.717) is 0 Å². The molecular weight excluding hydrogens is 202 g/mol. The number of H-pyrrole nitrogens is 1. The van der Waals surface area contributed by atoms with Gasteiger partial charge in [0.2, 0.25) is 0 Å². The number of benzene rings is 1. The molecule has 84 valence electrons. The molecule has 1 unspecified atom stereocenters. The maximum absolute atomic E-state index is 6.15. The molecule has 16 heavy (non-hydrogen) atoms. The second-order valence-corrected chi connectivity index (χ2v) is 3.74. The van der Waals surface area contributed by atoms with Gasteiger partial charge in [-0.05, 0) is 19.1 Å². The second kappa shape index (κ2) is 4.37. The molecule has 1 aromatic carbocycles. The maximum atomic E-state index is 6.15. The van der Waals surface area contributed by atoms with Gasteiger partial charge in [-0.1, -0.05) is 17.7 Å². The average molecular weight is 217 g/mol. The fraction of sp³-hybridized carbons (Fsp3) is 0.250. The highest BCUT2D eigenvalue weighted by Gasteiger charge is 2.15. The number of hydrogen-bond donors (Lipinski definition) is 2. The summed E-state index contributed by atoms with van der Waals surface area (Å²) in [4.78, 5) is 0. The third-order valence-electron chi connectivity index (χ3n) is 2.58. The Bertz CT molecular complexity index is 465. The molecule has 3 N–H and O–H groups in total. The Hall–Kier alpha value is -1.81. The first kappa shape index (κ1) is 10.7. The largest absolute Gasteiger partial charge is 0.496 e. The molecule has 0 fully saturated rings. The van der Waals surface area contributed by atoms with Gasteiger partial charge in [0.1, 0.15) is 5.75 Å². The molecule has 0 aliphatic carbocycles. The van der Waals surface area contributed by atoms with E-state index in [4.69, 9.17) is 10.5 Å². The number of aryl methyl sites for hydroxylation is 1. The van der Waals surface area contributed by atoms with Crippen LogP contribution in [0.15, 0.2) is 30.5 Å². The molecule has 1 heterocycles. The molecule has 2 rings (SSSR count). The summed E-state index contributed by atoms with van der Waals surface area (Å²) >= 11 is 0. The van der Waals surface area contributed by atoms with Crippen molar-refractivity contribution < 1.29 is 4.74 Å². The van der Waals surface area contributed by atoms with Crippen LogP contribution in [0.5, 0.6) is 5.75 Å². The molecule has 4 nitrogen and oxygen atoms in total. The van der Waals surface area contributed by atoms with Crippen LogP contribution >= 0.6 is 0 Å². The second-order valence-electron chi connectivity index (χ2n) is 3.74. The van der Waals surface area contributed by atoms with Crippen molar-refractivity contribution >= 4 is 0 Å². The van der Waals surface area contributed by atoms with Crippen LogP contribution in [0, 0.1) is 6.92 Å². The first-order valence-corrected chi connectivity index (χ1v) is 5.11. The molecule has 1 aromatic heterocycles. The van der Waals surface area contributed by atoms with Gasteiger partial charge in [0, 0.05) is 11.8 Å². The Morgan fingerprint density at radius 2 is 2.19 bits per heavy atom. The van der Waals surface area contributed by atoms with Gasteiger partial charge in [-0.15, -0.1) is 0 Å². The van der Waals surface area contributed by atoms with E-state index < -0.39 is 0 Å². The number of hydrogen-bond acceptors (Lipinski definition) is 3. The Morgan fingerprint density at radius 3 is 2.81 bits per heavy atom. The fourth-order valence-electron chi connectivity index (χ4n) is 1.70. The molecule has 0 saturated carbocycles. The number of aromatic amines is 1. The lowest BCUT2D eigenvalue weighted by molar-refractivity contribution is 0.407. The molecule has 2 aromatic rings. The van der Waals surface area contributed by atoms with Crippen molar-refractivity contribution in [3.63, 3.8) is 0 Å². The highest BCUT2D eigenvalue weighted by Crippen LogP contribution is 2.28. The van der Waals surface area contributed by atoms with Crippen LogP contribution in [0.2, 0.25) is 0 Å². The maximum Gasteiger partial charge on any atom is 0.124 e. The molecule has 0 bridgehead atoms. The molecule has 4 heteroatoms. The van der Waals surface area contributed by atoms with Gasteiger partial charge in [0.05, 0.1) is 18.8 Å². The van der Waals surface area contributed by atoms with Crippen LogP contribution in [0.3, 0.4) is 0 Å². The Labute approximate surface area is 94.4 Å². The van der Waals surface area contributed by atoms with Crippen molar-refractivity contribution in [2.45, 2.75) is 13.0 Å². The van der Waals surface area contributed by atoms with Crippen LogP contribution in [0.4, 0.5) is 0 Å². The SMILES string of the molecule is COc1ccc(C)cc1C(N)c1ccn[nH]1. The van der Waals surface area contributed by atoms with E-state index in [0.717, 1.165) is 22.6 Å². The smallest absolute Gasteiger partial charge is 0.124 e. The number of rotatable bonds is 3. The lowest BCUT2D eigenvalue weighted by Gasteiger charge is -2.15. The number of nitrogens with zero attached hydrogens (tertiary/aromatic N) is 1. The van der Waals surface area contributed by atoms with E-state index >= 15 is 0 Å².